The van der Waals surface area contributed by atoms with Crippen molar-refractivity contribution >= 4 is 162 Å². The van der Waals surface area contributed by atoms with Gasteiger partial charge in [0, 0.05) is 133 Å². The van der Waals surface area contributed by atoms with Crippen LogP contribution in [0.15, 0.2) is 110 Å². The van der Waals surface area contributed by atoms with Crippen LogP contribution in [0.3, 0.4) is 0 Å². The minimum Gasteiger partial charge on any atom is -0.475 e. The van der Waals surface area contributed by atoms with E-state index >= 15 is 0 Å². The van der Waals surface area contributed by atoms with E-state index in [0.29, 0.717) is 96.6 Å². The molecule has 0 radical (unpaired) electrons. The van der Waals surface area contributed by atoms with E-state index in [1.54, 1.807) is 114 Å². The summed E-state index contributed by atoms with van der Waals surface area (Å²) in [7, 11) is 8.95. The van der Waals surface area contributed by atoms with Crippen molar-refractivity contribution in [1.29, 1.82) is 0 Å². The normalized spacial score (nSPS) is 13.9. The number of thioether (sulfide) groups is 2. The van der Waals surface area contributed by atoms with E-state index in [1.807, 2.05) is 75.1 Å². The lowest BCUT2D eigenvalue weighted by atomic mass is 10.1. The SMILES string of the molecule is CC#CCn1c(N2CCCCC2)nc2nc(SC(C)c3cccs3)n(C)c(=O)c21.CC#CCn1c(N2CCCCC2)nc2nc(SCc3cccs3)n(C)c(=O)c21.CC#CCn1c(N2CCCCC2)nc2nc(Sc3nccc(C)n3)n(C)c(=O)c21.CC#CCn1c(N2CCCCC2)nc2nc(Sc3nccn3C)n(C)c(=O)c21.O=C(O)C(F)(F)F.O=C(O)C(F)(F)F.O=C(O)C(F)(F)F.O=C(O)C(F)(F)F. The molecule has 0 saturated carbocycles. The summed E-state index contributed by atoms with van der Waals surface area (Å²) in [6.45, 7) is 20.6. The number of aromatic nitrogens is 20. The van der Waals surface area contributed by atoms with Crippen molar-refractivity contribution in [2.75, 3.05) is 72.0 Å². The fourth-order valence-electron chi connectivity index (χ4n) is 13.9. The number of fused-ring (bicyclic) bond motifs is 4. The smallest absolute Gasteiger partial charge is 0.475 e. The Hall–Kier alpha value is -13.0. The molecule has 1 atom stereocenters. The monoisotopic (exact) mass is 2100 g/mol. The molecule has 4 fully saturated rings. The van der Waals surface area contributed by atoms with Gasteiger partial charge >= 0.3 is 48.6 Å². The van der Waals surface area contributed by atoms with E-state index in [9.17, 15) is 71.9 Å². The van der Waals surface area contributed by atoms with Gasteiger partial charge in [0.25, 0.3) is 22.2 Å². The summed E-state index contributed by atoms with van der Waals surface area (Å²) in [5, 5.41) is 36.7. The molecule has 16 rings (SSSR count). The van der Waals surface area contributed by atoms with Gasteiger partial charge in [-0.1, -0.05) is 59.3 Å². The number of thiophene rings is 2. The summed E-state index contributed by atoms with van der Waals surface area (Å²) in [5.41, 5.74) is 4.53. The molecule has 0 aliphatic carbocycles. The first-order chi connectivity index (χ1) is 67.2. The highest BCUT2D eigenvalue weighted by Gasteiger charge is 2.41. The van der Waals surface area contributed by atoms with Crippen LogP contribution in [0.25, 0.3) is 44.7 Å². The van der Waals surface area contributed by atoms with Gasteiger partial charge < -0.3 is 44.6 Å². The Kier molecular flexibility index (Phi) is 40.9. The van der Waals surface area contributed by atoms with E-state index in [4.69, 9.17) is 74.5 Å². The summed E-state index contributed by atoms with van der Waals surface area (Å²) in [6.07, 6.45) is -0.985. The van der Waals surface area contributed by atoms with Gasteiger partial charge in [-0.2, -0.15) is 72.6 Å². The van der Waals surface area contributed by atoms with Crippen LogP contribution in [0.2, 0.25) is 0 Å². The summed E-state index contributed by atoms with van der Waals surface area (Å²) in [6, 6.07) is 10.1. The summed E-state index contributed by atoms with van der Waals surface area (Å²) in [5.74, 6) is 17.0. The Balaban J connectivity index is 0.000000193. The Morgan fingerprint density at radius 2 is 0.711 bits per heavy atom. The zero-order valence-electron chi connectivity index (χ0n) is 78.3. The number of hydrogen-bond donors (Lipinski definition) is 4. The molecule has 4 aliphatic heterocycles. The number of rotatable bonds is 18. The van der Waals surface area contributed by atoms with Crippen LogP contribution < -0.4 is 41.8 Å². The molecule has 0 amide bonds. The molecule has 4 aliphatic rings. The molecule has 0 aromatic carbocycles. The Morgan fingerprint density at radius 1 is 0.401 bits per heavy atom. The molecule has 4 N–H and O–H groups in total. The number of aryl methyl sites for hydroxylation is 2. The maximum atomic E-state index is 13.3. The van der Waals surface area contributed by atoms with Crippen LogP contribution in [0, 0.1) is 54.3 Å². The number of halogens is 12. The van der Waals surface area contributed by atoms with Crippen LogP contribution in [-0.2, 0) is 86.3 Å². The predicted octanol–water partition coefficient (Wildman–Crippen LogP) is 14.5. The molecule has 4 saturated heterocycles. The fraction of sp³-hybridized carbons (Fsp3) is 0.466. The highest BCUT2D eigenvalue weighted by atomic mass is 32.2. The average molecular weight is 2100 g/mol. The Bertz CT molecular complexity index is 6840. The summed E-state index contributed by atoms with van der Waals surface area (Å²) < 4.78 is 143. The lowest BCUT2D eigenvalue weighted by Gasteiger charge is -2.27. The molecule has 16 heterocycles. The largest absolute Gasteiger partial charge is 0.490 e. The number of piperidine rings is 4. The van der Waals surface area contributed by atoms with Crippen molar-refractivity contribution in [1.82, 2.24) is 95.9 Å². The van der Waals surface area contributed by atoms with E-state index < -0.39 is 48.6 Å². The molecule has 12 aromatic heterocycles. The second-order valence-corrected chi connectivity index (χ2v) is 37.1. The molecule has 142 heavy (non-hydrogen) atoms. The van der Waals surface area contributed by atoms with E-state index in [2.05, 4.69) is 117 Å². The number of carbonyl (C=O) groups is 4. The minimum atomic E-state index is -5.08. The van der Waals surface area contributed by atoms with Gasteiger partial charge in [-0.25, -0.2) is 54.1 Å². The Morgan fingerprint density at radius 3 is 1.01 bits per heavy atom. The van der Waals surface area contributed by atoms with Crippen LogP contribution in [0.1, 0.15) is 132 Å². The number of carboxylic acid groups (broad SMARTS) is 4. The van der Waals surface area contributed by atoms with Crippen LogP contribution in [-0.4, -0.2) is 217 Å². The number of hydrogen-bond acceptors (Lipinski definition) is 29. The molecule has 36 nitrogen and oxygen atoms in total. The first kappa shape index (κ1) is 113. The maximum Gasteiger partial charge on any atom is 0.490 e. The first-order valence-electron chi connectivity index (χ1n) is 43.4. The lowest BCUT2D eigenvalue weighted by molar-refractivity contribution is -0.193. The van der Waals surface area contributed by atoms with Gasteiger partial charge in [0.1, 0.15) is 0 Å². The lowest BCUT2D eigenvalue weighted by Crippen LogP contribution is -2.32. The van der Waals surface area contributed by atoms with Crippen molar-refractivity contribution in [3.63, 3.8) is 0 Å². The fourth-order valence-corrected chi connectivity index (χ4v) is 19.1. The van der Waals surface area contributed by atoms with Gasteiger partial charge in [-0.15, -0.1) is 46.4 Å². The summed E-state index contributed by atoms with van der Waals surface area (Å²) in [4.78, 5) is 151. The molecular weight excluding hydrogens is 2010 g/mol. The van der Waals surface area contributed by atoms with Crippen molar-refractivity contribution < 1.29 is 92.3 Å². The average Bonchev–Trinajstić information content (AvgIpc) is 1.62. The molecule has 12 aromatic rings. The molecule has 0 spiro atoms. The number of imidazole rings is 5. The molecule has 762 valence electrons. The molecule has 1 unspecified atom stereocenters. The van der Waals surface area contributed by atoms with Gasteiger partial charge in [-0.3, -0.25) is 55.7 Å². The van der Waals surface area contributed by atoms with Crippen molar-refractivity contribution in [3.8, 4) is 47.4 Å². The number of nitrogens with zero attached hydrogens (tertiary/aromatic N) is 24. The molecular formula is C88H98F12N24O12S6. The second-order valence-electron chi connectivity index (χ2n) is 31.0. The standard InChI is InChI=1S/C21H25N5OS2.C20H23N7OS.C20H23N5OS2.C19H23N7OS.4C2HF3O2/c1-4-5-13-26-17-18(22-20(26)25-11-7-6-8-12-25)23-21(24(3)19(17)27)29-15(2)16-10-9-14-28-16;1-4-5-13-27-15-16(23-19(27)26-11-7-6-8-12-26)24-20(25(3)17(15)28)29-18-21-10-9-14(2)22-18;1-3-4-12-25-16-17(21-19(25)24-10-6-5-7-11-24)22-20(23(2)18(16)26)28-14-15-9-8-13-27-15;1-4-5-12-26-14-15(21-17(26)25-10-7-6-8-11-25)22-19(24(3)16(14)27)28-18-20-9-13-23(18)2;4*3-2(4,5)1(6)7/h9-10,14-15H,6-8,11-13H2,1-3H3;9-10H,6-8,11-13H2,1-3H3;8-9,13H,5-7,10-12,14H2,1-2H3;9,13H,6-8,10-12H2,1-3H3;4*(H,6,7). The second kappa shape index (κ2) is 51.6. The number of anilines is 4. The number of carboxylic acids is 4. The van der Waals surface area contributed by atoms with Crippen LogP contribution in [0.4, 0.5) is 76.5 Å². The summed E-state index contributed by atoms with van der Waals surface area (Å²) >= 11 is 9.23. The predicted molar refractivity (Wildman–Crippen MR) is 515 cm³/mol. The van der Waals surface area contributed by atoms with Gasteiger partial charge in [0.05, 0.1) is 26.2 Å². The van der Waals surface area contributed by atoms with E-state index in [0.717, 1.165) is 144 Å². The highest BCUT2D eigenvalue weighted by molar-refractivity contribution is 7.99. The van der Waals surface area contributed by atoms with Gasteiger partial charge in [0.15, 0.2) is 75.6 Å². The molecule has 54 heteroatoms. The van der Waals surface area contributed by atoms with Gasteiger partial charge in [-0.05, 0) is 171 Å². The topological polar surface area (TPSA) is 417 Å². The van der Waals surface area contributed by atoms with Crippen molar-refractivity contribution in [3.05, 3.63) is 117 Å². The quantitative estimate of drug-likeness (QED) is 0.0268. The van der Waals surface area contributed by atoms with E-state index in [1.165, 1.54) is 63.5 Å². The highest BCUT2D eigenvalue weighted by Crippen LogP contribution is 2.38. The van der Waals surface area contributed by atoms with Crippen LogP contribution in [0.5, 0.6) is 0 Å². The zero-order chi connectivity index (χ0) is 104. The third-order valence-corrected chi connectivity index (χ3v) is 27.5. The Labute approximate surface area is 827 Å². The number of alkyl halides is 12. The third-order valence-electron chi connectivity index (χ3n) is 20.9. The van der Waals surface area contributed by atoms with Crippen molar-refractivity contribution in [2.45, 2.75) is 211 Å². The van der Waals surface area contributed by atoms with Crippen LogP contribution >= 0.6 is 69.7 Å². The molecule has 0 bridgehead atoms. The van der Waals surface area contributed by atoms with Crippen molar-refractivity contribution in [2.24, 2.45) is 35.2 Å². The first-order valence-corrected chi connectivity index (χ1v) is 48.7. The van der Waals surface area contributed by atoms with Gasteiger partial charge in [0.2, 0.25) is 23.8 Å². The number of aliphatic carboxylic acids is 4. The third kappa shape index (κ3) is 30.3. The maximum absolute atomic E-state index is 13.3. The zero-order valence-corrected chi connectivity index (χ0v) is 83.2. The van der Waals surface area contributed by atoms with E-state index in [-0.39, 0.29) is 27.5 Å². The minimum absolute atomic E-state index is 0.0626.